The number of hydrogen-bond donors (Lipinski definition) is 1. The van der Waals surface area contributed by atoms with Crippen LogP contribution in [0.15, 0.2) is 60.7 Å². The number of pyridine rings is 1. The Hall–Kier alpha value is -3.22. The Balaban J connectivity index is 1.63. The number of carbonyl (C=O) groups is 1. The first-order valence-corrected chi connectivity index (χ1v) is 12.2. The van der Waals surface area contributed by atoms with Crippen LogP contribution in [-0.2, 0) is 0 Å². The quantitative estimate of drug-likeness (QED) is 0.453. The van der Waals surface area contributed by atoms with Crippen molar-refractivity contribution in [3.63, 3.8) is 0 Å². The molecule has 4 aromatic rings. The summed E-state index contributed by atoms with van der Waals surface area (Å²) in [6, 6.07) is 20.7. The van der Waals surface area contributed by atoms with Crippen molar-refractivity contribution >= 4 is 33.1 Å². The maximum absolute atomic E-state index is 13.4. The van der Waals surface area contributed by atoms with Gasteiger partial charge in [0.05, 0.1) is 11.4 Å². The number of anilines is 1. The van der Waals surface area contributed by atoms with Gasteiger partial charge in [0.15, 0.2) is 0 Å². The lowest BCUT2D eigenvalue weighted by Gasteiger charge is -2.33. The first-order valence-electron chi connectivity index (χ1n) is 11.4. The van der Waals surface area contributed by atoms with E-state index in [1.165, 1.54) is 16.9 Å². The second kappa shape index (κ2) is 8.96. The van der Waals surface area contributed by atoms with Crippen molar-refractivity contribution in [3.05, 3.63) is 71.1 Å². The third kappa shape index (κ3) is 4.12. The summed E-state index contributed by atoms with van der Waals surface area (Å²) in [5.74, 6) is 0.0161. The summed E-state index contributed by atoms with van der Waals surface area (Å²) in [4.78, 5) is 24.1. The van der Waals surface area contributed by atoms with Crippen molar-refractivity contribution in [3.8, 4) is 22.4 Å². The Kier molecular flexibility index (Phi) is 5.87. The van der Waals surface area contributed by atoms with Crippen molar-refractivity contribution < 1.29 is 4.79 Å². The van der Waals surface area contributed by atoms with E-state index in [4.69, 9.17) is 10.7 Å². The molecule has 33 heavy (non-hydrogen) atoms. The molecule has 0 saturated carbocycles. The molecule has 3 heterocycles. The highest BCUT2D eigenvalue weighted by Crippen LogP contribution is 2.41. The van der Waals surface area contributed by atoms with Gasteiger partial charge in [-0.3, -0.25) is 4.79 Å². The third-order valence-electron chi connectivity index (χ3n) is 6.43. The van der Waals surface area contributed by atoms with E-state index >= 15 is 0 Å². The van der Waals surface area contributed by atoms with Crippen molar-refractivity contribution in [1.29, 1.82) is 0 Å². The Morgan fingerprint density at radius 2 is 1.70 bits per heavy atom. The number of likely N-dealkylation sites (N-methyl/N-ethyl adjacent to an activating group) is 1. The second-order valence-corrected chi connectivity index (χ2v) is 9.54. The fourth-order valence-electron chi connectivity index (χ4n) is 4.41. The molecule has 0 radical (unpaired) electrons. The maximum Gasteiger partial charge on any atom is 0.266 e. The molecule has 1 saturated heterocycles. The molecule has 5 rings (SSSR count). The smallest absolute Gasteiger partial charge is 0.266 e. The van der Waals surface area contributed by atoms with Crippen LogP contribution in [0.5, 0.6) is 0 Å². The normalized spacial score (nSPS) is 14.7. The number of fused-ring (bicyclic) bond motifs is 1. The minimum absolute atomic E-state index is 0.0161. The highest BCUT2D eigenvalue weighted by Gasteiger charge is 2.27. The molecule has 168 valence electrons. The zero-order valence-corrected chi connectivity index (χ0v) is 19.9. The van der Waals surface area contributed by atoms with E-state index in [-0.39, 0.29) is 5.91 Å². The molecule has 5 nitrogen and oxygen atoms in total. The number of benzene rings is 2. The van der Waals surface area contributed by atoms with E-state index in [0.29, 0.717) is 10.6 Å². The zero-order chi connectivity index (χ0) is 22.9. The molecule has 0 atom stereocenters. The van der Waals surface area contributed by atoms with Gasteiger partial charge in [-0.15, -0.1) is 11.3 Å². The van der Waals surface area contributed by atoms with E-state index in [2.05, 4.69) is 61.2 Å². The number of piperazine rings is 1. The number of carbonyl (C=O) groups excluding carboxylic acids is 1. The monoisotopic (exact) mass is 456 g/mol. The van der Waals surface area contributed by atoms with E-state index in [0.717, 1.165) is 65.3 Å². The van der Waals surface area contributed by atoms with Gasteiger partial charge < -0.3 is 15.5 Å². The molecule has 1 aliphatic rings. The topological polar surface area (TPSA) is 62.5 Å². The molecule has 2 aromatic carbocycles. The number of aryl methyl sites for hydroxylation is 1. The number of thiophene rings is 1. The average Bonchev–Trinajstić information content (AvgIpc) is 3.20. The minimum atomic E-state index is 0.0161. The Morgan fingerprint density at radius 1 is 1.00 bits per heavy atom. The van der Waals surface area contributed by atoms with Crippen LogP contribution in [-0.4, -0.2) is 53.4 Å². The number of nitrogens with two attached hydrogens (primary N) is 1. The molecule has 1 aliphatic heterocycles. The predicted molar refractivity (Wildman–Crippen MR) is 138 cm³/mol. The van der Waals surface area contributed by atoms with Gasteiger partial charge in [-0.05, 0) is 30.7 Å². The van der Waals surface area contributed by atoms with Crippen LogP contribution >= 0.6 is 11.3 Å². The van der Waals surface area contributed by atoms with E-state index in [1.54, 1.807) is 0 Å². The Bertz CT molecular complexity index is 1290. The first kappa shape index (κ1) is 21.6. The minimum Gasteiger partial charge on any atom is -0.397 e. The fraction of sp³-hybridized carbons (Fsp3) is 0.259. The van der Waals surface area contributed by atoms with Crippen LogP contribution in [0.1, 0.15) is 22.2 Å². The van der Waals surface area contributed by atoms with Gasteiger partial charge in [0.25, 0.3) is 5.91 Å². The number of nitrogen functional groups attached to an aromatic ring is 1. The second-order valence-electron chi connectivity index (χ2n) is 8.54. The van der Waals surface area contributed by atoms with Crippen molar-refractivity contribution in [2.75, 3.05) is 38.5 Å². The lowest BCUT2D eigenvalue weighted by molar-refractivity contribution is 0.0649. The summed E-state index contributed by atoms with van der Waals surface area (Å²) < 4.78 is 0. The molecular weight excluding hydrogens is 428 g/mol. The van der Waals surface area contributed by atoms with Gasteiger partial charge in [0.1, 0.15) is 9.71 Å². The van der Waals surface area contributed by atoms with Crippen LogP contribution in [0.3, 0.4) is 0 Å². The summed E-state index contributed by atoms with van der Waals surface area (Å²) in [5.41, 5.74) is 12.4. The highest BCUT2D eigenvalue weighted by molar-refractivity contribution is 7.21. The molecule has 1 amide bonds. The number of hydrogen-bond acceptors (Lipinski definition) is 5. The predicted octanol–water partition coefficient (Wildman–Crippen LogP) is 5.30. The first-order chi connectivity index (χ1) is 16.0. The molecule has 1 fully saturated rings. The van der Waals surface area contributed by atoms with Gasteiger partial charge in [0.2, 0.25) is 0 Å². The number of aromatic nitrogens is 1. The van der Waals surface area contributed by atoms with Crippen molar-refractivity contribution in [2.45, 2.75) is 13.8 Å². The molecule has 6 heteroatoms. The molecule has 2 aromatic heterocycles. The molecule has 0 bridgehead atoms. The molecule has 0 aliphatic carbocycles. The molecule has 2 N–H and O–H groups in total. The van der Waals surface area contributed by atoms with E-state index in [9.17, 15) is 4.79 Å². The van der Waals surface area contributed by atoms with Crippen LogP contribution in [0.4, 0.5) is 5.69 Å². The van der Waals surface area contributed by atoms with Crippen LogP contribution < -0.4 is 5.73 Å². The number of nitrogens with zero attached hydrogens (tertiary/aromatic N) is 3. The van der Waals surface area contributed by atoms with Gasteiger partial charge in [-0.25, -0.2) is 4.98 Å². The standard InChI is InChI=1S/C27H28N4OS/c1-3-30-13-15-31(16-14-30)27(32)25-24(28)23-21(19-11-9-18(2)10-12-19)17-22(29-26(23)33-25)20-7-5-4-6-8-20/h4-12,17H,3,13-16,28H2,1-2H3. The molecular formula is C27H28N4OS. The Morgan fingerprint density at radius 3 is 2.36 bits per heavy atom. The van der Waals surface area contributed by atoms with Gasteiger partial charge in [0, 0.05) is 37.1 Å². The lowest BCUT2D eigenvalue weighted by Crippen LogP contribution is -2.48. The van der Waals surface area contributed by atoms with E-state index < -0.39 is 0 Å². The van der Waals surface area contributed by atoms with Crippen molar-refractivity contribution in [1.82, 2.24) is 14.8 Å². The van der Waals surface area contributed by atoms with E-state index in [1.807, 2.05) is 23.1 Å². The maximum atomic E-state index is 13.4. The van der Waals surface area contributed by atoms with Crippen molar-refractivity contribution in [2.24, 2.45) is 0 Å². The Labute approximate surface area is 198 Å². The summed E-state index contributed by atoms with van der Waals surface area (Å²) in [6.07, 6.45) is 0. The fourth-order valence-corrected chi connectivity index (χ4v) is 5.50. The van der Waals surface area contributed by atoms with Crippen LogP contribution in [0.25, 0.3) is 32.6 Å². The SMILES string of the molecule is CCN1CCN(C(=O)c2sc3nc(-c4ccccc4)cc(-c4ccc(C)cc4)c3c2N)CC1. The largest absolute Gasteiger partial charge is 0.397 e. The number of amides is 1. The molecule has 0 spiro atoms. The average molecular weight is 457 g/mol. The highest BCUT2D eigenvalue weighted by atomic mass is 32.1. The van der Waals surface area contributed by atoms with Crippen LogP contribution in [0.2, 0.25) is 0 Å². The third-order valence-corrected chi connectivity index (χ3v) is 7.52. The van der Waals surface area contributed by atoms with Gasteiger partial charge >= 0.3 is 0 Å². The number of rotatable bonds is 4. The van der Waals surface area contributed by atoms with Crippen LogP contribution in [0, 0.1) is 6.92 Å². The lowest BCUT2D eigenvalue weighted by atomic mass is 9.98. The van der Waals surface area contributed by atoms with Gasteiger partial charge in [-0.1, -0.05) is 67.1 Å². The summed E-state index contributed by atoms with van der Waals surface area (Å²) >= 11 is 1.41. The summed E-state index contributed by atoms with van der Waals surface area (Å²) in [6.45, 7) is 8.51. The van der Waals surface area contributed by atoms with Gasteiger partial charge in [-0.2, -0.15) is 0 Å². The zero-order valence-electron chi connectivity index (χ0n) is 19.0. The summed E-state index contributed by atoms with van der Waals surface area (Å²) in [5, 5.41) is 0.874. The summed E-state index contributed by atoms with van der Waals surface area (Å²) in [7, 11) is 0. The molecule has 0 unspecified atom stereocenters.